The summed E-state index contributed by atoms with van der Waals surface area (Å²) >= 11 is 2.78. The average molecular weight is 355 g/mol. The first-order chi connectivity index (χ1) is 11.9. The molecule has 0 bridgehead atoms. The molecule has 0 atom stereocenters. The fourth-order valence-corrected chi connectivity index (χ4v) is 3.68. The van der Waals surface area contributed by atoms with Crippen molar-refractivity contribution in [1.82, 2.24) is 14.6 Å². The molecule has 0 aliphatic carbocycles. The van der Waals surface area contributed by atoms with Crippen molar-refractivity contribution in [2.24, 2.45) is 0 Å². The van der Waals surface area contributed by atoms with Crippen LogP contribution in [-0.4, -0.2) is 20.9 Å². The number of nitrogens with zero attached hydrogens (tertiary/aromatic N) is 3. The molecule has 2 heterocycles. The Hall–Kier alpha value is -2.35. The highest BCUT2D eigenvalue weighted by molar-refractivity contribution is 7.93. The van der Waals surface area contributed by atoms with E-state index in [2.05, 4.69) is 22.2 Å². The molecule has 4 aromatic rings. The van der Waals surface area contributed by atoms with Crippen LogP contribution in [0.25, 0.3) is 26.7 Å². The molecular weight excluding hydrogens is 342 g/mol. The van der Waals surface area contributed by atoms with Gasteiger partial charge in [0, 0.05) is 23.9 Å². The smallest absolute Gasteiger partial charge is 0.213 e. The van der Waals surface area contributed by atoms with Crippen LogP contribution in [0.1, 0.15) is 0 Å². The monoisotopic (exact) mass is 355 g/mol. The van der Waals surface area contributed by atoms with E-state index < -0.39 is 0 Å². The van der Waals surface area contributed by atoms with Crippen molar-refractivity contribution in [2.75, 3.05) is 6.26 Å². The van der Waals surface area contributed by atoms with E-state index in [4.69, 9.17) is 9.22 Å². The van der Waals surface area contributed by atoms with E-state index in [-0.39, 0.29) is 0 Å². The van der Waals surface area contributed by atoms with E-state index in [9.17, 15) is 0 Å². The summed E-state index contributed by atoms with van der Waals surface area (Å²) < 4.78 is 6.77. The van der Waals surface area contributed by atoms with E-state index in [1.165, 1.54) is 0 Å². The van der Waals surface area contributed by atoms with Crippen LogP contribution in [0, 0.1) is 0 Å². The normalized spacial score (nSPS) is 11.0. The highest BCUT2D eigenvalue weighted by atomic mass is 32.2. The quantitative estimate of drug-likeness (QED) is 0.295. The van der Waals surface area contributed by atoms with Crippen molar-refractivity contribution in [3.63, 3.8) is 0 Å². The van der Waals surface area contributed by atoms with Crippen molar-refractivity contribution >= 4 is 28.3 Å². The topological polar surface area (TPSA) is 48.7 Å². The van der Waals surface area contributed by atoms with Gasteiger partial charge < -0.3 is 4.89 Å². The molecule has 120 valence electrons. The second-order valence-corrected chi connectivity index (χ2v) is 6.39. The Bertz CT molecular complexity index is 949. The minimum absolute atomic E-state index is 0.661. The highest BCUT2D eigenvalue weighted by Gasteiger charge is 2.17. The molecule has 24 heavy (non-hydrogen) atoms. The predicted molar refractivity (Wildman–Crippen MR) is 97.0 cm³/mol. The second kappa shape index (κ2) is 6.64. The van der Waals surface area contributed by atoms with Gasteiger partial charge in [0.2, 0.25) is 4.96 Å². The lowest BCUT2D eigenvalue weighted by molar-refractivity contribution is -0.0770. The van der Waals surface area contributed by atoms with Crippen LogP contribution in [0.2, 0.25) is 0 Å². The van der Waals surface area contributed by atoms with Crippen molar-refractivity contribution in [2.45, 2.75) is 0 Å². The van der Waals surface area contributed by atoms with Gasteiger partial charge >= 0.3 is 0 Å². The molecule has 0 radical (unpaired) electrons. The number of aromatic nitrogens is 3. The van der Waals surface area contributed by atoms with Gasteiger partial charge in [0.25, 0.3) is 0 Å². The van der Waals surface area contributed by atoms with Gasteiger partial charge in [-0.05, 0) is 29.8 Å². The zero-order valence-corrected chi connectivity index (χ0v) is 14.4. The van der Waals surface area contributed by atoms with Gasteiger partial charge in [-0.2, -0.15) is 5.10 Å². The maximum Gasteiger partial charge on any atom is 0.213 e. The van der Waals surface area contributed by atoms with E-state index >= 15 is 0 Å². The molecule has 4 rings (SSSR count). The third-order valence-electron chi connectivity index (χ3n) is 3.50. The summed E-state index contributed by atoms with van der Waals surface area (Å²) in [5.74, 6) is 0.661. The summed E-state index contributed by atoms with van der Waals surface area (Å²) in [5, 5.41) is 4.37. The third-order valence-corrected chi connectivity index (χ3v) is 4.80. The molecule has 5 nitrogen and oxygen atoms in total. The minimum Gasteiger partial charge on any atom is -0.325 e. The number of rotatable bonds is 5. The Balaban J connectivity index is 1.80. The van der Waals surface area contributed by atoms with E-state index in [1.54, 1.807) is 23.9 Å². The fourth-order valence-electron chi connectivity index (χ4n) is 2.47. The minimum atomic E-state index is 0.661. The van der Waals surface area contributed by atoms with Gasteiger partial charge in [0.15, 0.2) is 5.75 Å². The maximum atomic E-state index is 5.14. The second-order valence-electron chi connectivity index (χ2n) is 4.94. The molecule has 0 saturated carbocycles. The first-order valence-corrected chi connectivity index (χ1v) is 9.19. The van der Waals surface area contributed by atoms with Crippen molar-refractivity contribution < 1.29 is 9.22 Å². The Morgan fingerprint density at radius 1 is 1.00 bits per heavy atom. The van der Waals surface area contributed by atoms with Gasteiger partial charge in [-0.15, -0.1) is 4.33 Å². The first kappa shape index (κ1) is 15.2. The largest absolute Gasteiger partial charge is 0.325 e. The SMILES string of the molecule is CSOOc1ccc(-c2sc3ncnn3c2-c2ccccc2)cc1. The summed E-state index contributed by atoms with van der Waals surface area (Å²) in [6.07, 6.45) is 3.38. The van der Waals surface area contributed by atoms with Crippen molar-refractivity contribution in [1.29, 1.82) is 0 Å². The maximum absolute atomic E-state index is 5.14. The highest BCUT2D eigenvalue weighted by Crippen LogP contribution is 2.38. The van der Waals surface area contributed by atoms with Gasteiger partial charge in [0.05, 0.1) is 10.6 Å². The Morgan fingerprint density at radius 2 is 1.79 bits per heavy atom. The molecule has 2 aromatic carbocycles. The van der Waals surface area contributed by atoms with Crippen LogP contribution in [0.5, 0.6) is 5.75 Å². The number of benzene rings is 2. The van der Waals surface area contributed by atoms with Crippen LogP contribution in [0.4, 0.5) is 0 Å². The molecule has 7 heteroatoms. The Morgan fingerprint density at radius 3 is 2.54 bits per heavy atom. The van der Waals surface area contributed by atoms with Crippen LogP contribution in [0.15, 0.2) is 60.9 Å². The molecule has 0 saturated heterocycles. The molecule has 0 N–H and O–H groups in total. The number of thiazole rings is 1. The predicted octanol–water partition coefficient (Wildman–Crippen LogP) is 4.71. The van der Waals surface area contributed by atoms with E-state index in [0.29, 0.717) is 5.75 Å². The lowest BCUT2D eigenvalue weighted by Gasteiger charge is -2.06. The van der Waals surface area contributed by atoms with Gasteiger partial charge in [-0.1, -0.05) is 41.7 Å². The number of hydrogen-bond acceptors (Lipinski definition) is 6. The summed E-state index contributed by atoms with van der Waals surface area (Å²) in [6.45, 7) is 0. The molecule has 0 fully saturated rings. The standard InChI is InChI=1S/C17H13N3O2S2/c1-23-22-21-14-9-7-13(8-10-14)16-15(12-5-3-2-4-6-12)20-17(24-16)18-11-19-20/h2-11H,1H3. The molecule has 0 unspecified atom stereocenters. The number of fused-ring (bicyclic) bond motifs is 1. The van der Waals surface area contributed by atoms with Crippen molar-refractivity contribution in [3.8, 4) is 27.4 Å². The summed E-state index contributed by atoms with van der Waals surface area (Å²) in [7, 11) is 0. The summed E-state index contributed by atoms with van der Waals surface area (Å²) in [6, 6.07) is 18.0. The number of hydrogen-bond donors (Lipinski definition) is 0. The zero-order chi connectivity index (χ0) is 16.4. The summed E-state index contributed by atoms with van der Waals surface area (Å²) in [4.78, 5) is 11.5. The molecule has 0 amide bonds. The first-order valence-electron chi connectivity index (χ1n) is 7.22. The lowest BCUT2D eigenvalue weighted by atomic mass is 10.1. The van der Waals surface area contributed by atoms with Gasteiger partial charge in [0.1, 0.15) is 6.33 Å². The molecule has 2 aromatic heterocycles. The molecule has 0 aliphatic rings. The zero-order valence-electron chi connectivity index (χ0n) is 12.7. The van der Waals surface area contributed by atoms with Crippen molar-refractivity contribution in [3.05, 3.63) is 60.9 Å². The third kappa shape index (κ3) is 2.77. The van der Waals surface area contributed by atoms with Crippen LogP contribution >= 0.6 is 23.4 Å². The van der Waals surface area contributed by atoms with E-state index in [0.717, 1.165) is 38.7 Å². The molecule has 0 spiro atoms. The van der Waals surface area contributed by atoms with Crippen LogP contribution in [-0.2, 0) is 4.33 Å². The molecule has 0 aliphatic heterocycles. The fraction of sp³-hybridized carbons (Fsp3) is 0.0588. The van der Waals surface area contributed by atoms with E-state index in [1.807, 2.05) is 47.0 Å². The van der Waals surface area contributed by atoms with Crippen LogP contribution < -0.4 is 4.89 Å². The molecular formula is C17H13N3O2S2. The van der Waals surface area contributed by atoms with Gasteiger partial charge in [-0.3, -0.25) is 0 Å². The average Bonchev–Trinajstić information content (AvgIpc) is 3.22. The Kier molecular flexibility index (Phi) is 4.20. The van der Waals surface area contributed by atoms with Gasteiger partial charge in [-0.25, -0.2) is 9.50 Å². The Labute approximate surface area is 147 Å². The summed E-state index contributed by atoms with van der Waals surface area (Å²) in [5.41, 5.74) is 3.24. The lowest BCUT2D eigenvalue weighted by Crippen LogP contribution is -1.90. The van der Waals surface area contributed by atoms with Crippen LogP contribution in [0.3, 0.4) is 0 Å².